The fourth-order valence-electron chi connectivity index (χ4n) is 1.93. The van der Waals surface area contributed by atoms with Crippen LogP contribution in [0.4, 0.5) is 0 Å². The largest absolute Gasteiger partial charge is 0.491 e. The smallest absolute Gasteiger partial charge is 0.147 e. The van der Waals surface area contributed by atoms with Crippen LogP contribution in [0.5, 0.6) is 5.75 Å². The molecule has 22 heavy (non-hydrogen) atoms. The minimum atomic E-state index is -0.533. The van der Waals surface area contributed by atoms with Crippen LogP contribution in [0.25, 0.3) is 0 Å². The van der Waals surface area contributed by atoms with Gasteiger partial charge in [0.15, 0.2) is 0 Å². The van der Waals surface area contributed by atoms with E-state index < -0.39 is 5.54 Å². The number of hydrogen-bond donors (Lipinski definition) is 2. The Kier molecular flexibility index (Phi) is 11.0. The molecule has 0 aliphatic heterocycles. The highest BCUT2D eigenvalue weighted by Crippen LogP contribution is 2.35. The lowest BCUT2D eigenvalue weighted by atomic mass is 9.95. The summed E-state index contributed by atoms with van der Waals surface area (Å²) >= 11 is 7.14. The number of rotatable bonds is 9. The number of ether oxygens (including phenoxy) is 1. The number of hydrogen-bond acceptors (Lipinski definition) is 3. The van der Waals surface area contributed by atoms with E-state index in [1.807, 2.05) is 6.92 Å². The highest BCUT2D eigenvalue weighted by molar-refractivity contribution is 9.11. The van der Waals surface area contributed by atoms with Crippen molar-refractivity contribution in [3.63, 3.8) is 0 Å². The summed E-state index contributed by atoms with van der Waals surface area (Å²) in [4.78, 5) is 0. The van der Waals surface area contributed by atoms with Crippen molar-refractivity contribution in [1.29, 1.82) is 0 Å². The first kappa shape index (κ1) is 22.2. The molecule has 1 aromatic rings. The Morgan fingerprint density at radius 1 is 1.23 bits per heavy atom. The van der Waals surface area contributed by atoms with E-state index in [2.05, 4.69) is 50.9 Å². The molecule has 6 heteroatoms. The summed E-state index contributed by atoms with van der Waals surface area (Å²) in [5.74, 6) is 0.854. The van der Waals surface area contributed by atoms with Gasteiger partial charge in [-0.25, -0.2) is 0 Å². The number of aryl methyl sites for hydroxylation is 1. The zero-order valence-electron chi connectivity index (χ0n) is 13.2. The van der Waals surface area contributed by atoms with Gasteiger partial charge in [-0.15, -0.1) is 12.4 Å². The number of nitrogens with two attached hydrogens (primary N) is 1. The van der Waals surface area contributed by atoms with E-state index in [9.17, 15) is 5.11 Å². The molecule has 0 aliphatic rings. The average molecular weight is 460 g/mol. The third-order valence-corrected chi connectivity index (χ3v) is 4.58. The predicted octanol–water partition coefficient (Wildman–Crippen LogP) is 4.84. The number of aliphatic hydroxyl groups excluding tert-OH is 1. The molecule has 3 nitrogen and oxygen atoms in total. The van der Waals surface area contributed by atoms with Gasteiger partial charge in [-0.3, -0.25) is 0 Å². The van der Waals surface area contributed by atoms with E-state index in [1.165, 1.54) is 18.4 Å². The van der Waals surface area contributed by atoms with Crippen LogP contribution in [-0.2, 0) is 6.42 Å². The topological polar surface area (TPSA) is 55.5 Å². The molecule has 0 saturated heterocycles. The minimum Gasteiger partial charge on any atom is -0.491 e. The van der Waals surface area contributed by atoms with Crippen molar-refractivity contribution in [2.45, 2.75) is 51.5 Å². The summed E-state index contributed by atoms with van der Waals surface area (Å²) < 4.78 is 7.73. The first-order valence-corrected chi connectivity index (χ1v) is 8.98. The van der Waals surface area contributed by atoms with Crippen molar-refractivity contribution in [1.82, 2.24) is 0 Å². The summed E-state index contributed by atoms with van der Waals surface area (Å²) in [7, 11) is 0. The fraction of sp³-hybridized carbons (Fsp3) is 0.625. The molecule has 0 amide bonds. The highest BCUT2D eigenvalue weighted by atomic mass is 79.9. The maximum Gasteiger partial charge on any atom is 0.147 e. The monoisotopic (exact) mass is 457 g/mol. The van der Waals surface area contributed by atoms with Crippen molar-refractivity contribution in [3.8, 4) is 5.75 Å². The Morgan fingerprint density at radius 2 is 1.82 bits per heavy atom. The second-order valence-corrected chi connectivity index (χ2v) is 7.46. The summed E-state index contributed by atoms with van der Waals surface area (Å²) in [5.41, 5.74) is 6.60. The lowest BCUT2D eigenvalue weighted by Gasteiger charge is -2.21. The van der Waals surface area contributed by atoms with E-state index in [-0.39, 0.29) is 19.0 Å². The molecule has 0 bridgehead atoms. The fourth-order valence-corrected chi connectivity index (χ4v) is 3.44. The molecule has 0 radical (unpaired) electrons. The molecule has 128 valence electrons. The van der Waals surface area contributed by atoms with Crippen molar-refractivity contribution in [2.24, 2.45) is 5.73 Å². The highest BCUT2D eigenvalue weighted by Gasteiger charge is 2.17. The zero-order chi connectivity index (χ0) is 15.9. The Bertz CT molecular complexity index is 433. The van der Waals surface area contributed by atoms with Gasteiger partial charge in [0.05, 0.1) is 22.2 Å². The van der Waals surface area contributed by atoms with Crippen LogP contribution in [0.2, 0.25) is 0 Å². The number of unbranched alkanes of at least 4 members (excludes halogenated alkanes) is 2. The standard InChI is InChI=1S/C16H25Br2NO2.ClH/c1-3-4-5-8-21-15-13(17)9-12(10-14(15)18)6-7-16(2,19)11-20;/h9-10,20H,3-8,11,19H2,1-2H3;1H. The van der Waals surface area contributed by atoms with Crippen molar-refractivity contribution in [2.75, 3.05) is 13.2 Å². The van der Waals surface area contributed by atoms with E-state index >= 15 is 0 Å². The SMILES string of the molecule is CCCCCOc1c(Br)cc(CCC(C)(N)CO)cc1Br.Cl. The van der Waals surface area contributed by atoms with Crippen molar-refractivity contribution in [3.05, 3.63) is 26.6 Å². The second-order valence-electron chi connectivity index (χ2n) is 5.76. The van der Waals surface area contributed by atoms with Gasteiger partial charge in [0.25, 0.3) is 0 Å². The Morgan fingerprint density at radius 3 is 2.32 bits per heavy atom. The third kappa shape index (κ3) is 7.64. The molecule has 1 aromatic carbocycles. The normalized spacial score (nSPS) is 13.4. The van der Waals surface area contributed by atoms with Crippen LogP contribution in [0.3, 0.4) is 0 Å². The molecule has 1 atom stereocenters. The molecular weight excluding hydrogens is 433 g/mol. The lowest BCUT2D eigenvalue weighted by molar-refractivity contribution is 0.200. The molecule has 0 heterocycles. The van der Waals surface area contributed by atoms with Gasteiger partial charge in [0.2, 0.25) is 0 Å². The molecule has 0 aromatic heterocycles. The first-order chi connectivity index (χ1) is 9.89. The molecular formula is C16H26Br2ClNO2. The van der Waals surface area contributed by atoms with E-state index in [4.69, 9.17) is 10.5 Å². The number of halogens is 3. The maximum atomic E-state index is 9.20. The summed E-state index contributed by atoms with van der Waals surface area (Å²) in [6.07, 6.45) is 5.00. The summed E-state index contributed by atoms with van der Waals surface area (Å²) in [6, 6.07) is 4.13. The number of aliphatic hydroxyl groups is 1. The second kappa shape index (κ2) is 10.9. The number of benzene rings is 1. The Balaban J connectivity index is 0.00000441. The summed E-state index contributed by atoms with van der Waals surface area (Å²) in [5, 5.41) is 9.20. The van der Waals surface area contributed by atoms with Crippen LogP contribution in [0, 0.1) is 0 Å². The van der Waals surface area contributed by atoms with Crippen LogP contribution in [-0.4, -0.2) is 23.9 Å². The van der Waals surface area contributed by atoms with Gasteiger partial charge in [0.1, 0.15) is 5.75 Å². The molecule has 1 unspecified atom stereocenters. The van der Waals surface area contributed by atoms with Crippen molar-refractivity contribution < 1.29 is 9.84 Å². The zero-order valence-corrected chi connectivity index (χ0v) is 17.2. The van der Waals surface area contributed by atoms with Crippen molar-refractivity contribution >= 4 is 44.3 Å². The minimum absolute atomic E-state index is 0. The third-order valence-electron chi connectivity index (χ3n) is 3.40. The lowest BCUT2D eigenvalue weighted by Crippen LogP contribution is -2.40. The molecule has 0 fully saturated rings. The van der Waals surface area contributed by atoms with E-state index in [0.717, 1.165) is 40.6 Å². The van der Waals surface area contributed by atoms with Gasteiger partial charge >= 0.3 is 0 Å². The van der Waals surface area contributed by atoms with Gasteiger partial charge < -0.3 is 15.6 Å². The van der Waals surface area contributed by atoms with Gasteiger partial charge in [-0.05, 0) is 75.7 Å². The predicted molar refractivity (Wildman–Crippen MR) is 102 cm³/mol. The van der Waals surface area contributed by atoms with Crippen LogP contribution in [0.1, 0.15) is 45.1 Å². The van der Waals surface area contributed by atoms with E-state index in [0.29, 0.717) is 0 Å². The van der Waals surface area contributed by atoms with Crippen LogP contribution < -0.4 is 10.5 Å². The summed E-state index contributed by atoms with van der Waals surface area (Å²) in [6.45, 7) is 4.77. The average Bonchev–Trinajstić information content (AvgIpc) is 2.44. The van der Waals surface area contributed by atoms with Crippen LogP contribution in [0.15, 0.2) is 21.1 Å². The first-order valence-electron chi connectivity index (χ1n) is 7.40. The molecule has 0 saturated carbocycles. The molecule has 1 rings (SSSR count). The molecule has 0 aliphatic carbocycles. The molecule has 3 N–H and O–H groups in total. The Hall–Kier alpha value is 0.190. The van der Waals surface area contributed by atoms with E-state index in [1.54, 1.807) is 0 Å². The van der Waals surface area contributed by atoms with Gasteiger partial charge in [-0.2, -0.15) is 0 Å². The van der Waals surface area contributed by atoms with Gasteiger partial charge in [-0.1, -0.05) is 19.8 Å². The Labute approximate surface area is 156 Å². The maximum absolute atomic E-state index is 9.20. The van der Waals surface area contributed by atoms with Crippen LogP contribution >= 0.6 is 44.3 Å². The quantitative estimate of drug-likeness (QED) is 0.520. The van der Waals surface area contributed by atoms with Gasteiger partial charge in [0, 0.05) is 5.54 Å². The molecule has 0 spiro atoms.